The van der Waals surface area contributed by atoms with Crippen LogP contribution in [0, 0.1) is 5.82 Å². The summed E-state index contributed by atoms with van der Waals surface area (Å²) in [7, 11) is 3.46. The molecule has 0 fully saturated rings. The van der Waals surface area contributed by atoms with E-state index < -0.39 is 5.91 Å². The van der Waals surface area contributed by atoms with Crippen molar-refractivity contribution in [3.05, 3.63) is 65.0 Å². The minimum Gasteiger partial charge on any atom is -0.468 e. The maximum absolute atomic E-state index is 13.6. The molecule has 0 radical (unpaired) electrons. The highest BCUT2D eigenvalue weighted by Crippen LogP contribution is 2.34. The predicted molar refractivity (Wildman–Crippen MR) is 122 cm³/mol. The molecule has 0 saturated carbocycles. The minimum atomic E-state index is -0.583. The first-order chi connectivity index (χ1) is 16.0. The van der Waals surface area contributed by atoms with E-state index in [1.165, 1.54) is 19.2 Å². The average molecular weight is 447 g/mol. The molecule has 9 nitrogen and oxygen atoms in total. The van der Waals surface area contributed by atoms with Crippen molar-refractivity contribution in [2.45, 2.75) is 13.0 Å². The second-order valence-electron chi connectivity index (χ2n) is 7.80. The van der Waals surface area contributed by atoms with Crippen molar-refractivity contribution in [3.8, 4) is 12.0 Å². The quantitative estimate of drug-likeness (QED) is 0.467. The lowest BCUT2D eigenvalue weighted by Gasteiger charge is -2.16. The largest absolute Gasteiger partial charge is 0.468 e. The number of likely N-dealkylation sites (N-methyl/N-ethyl adjacent to an activating group) is 1. The van der Waals surface area contributed by atoms with Gasteiger partial charge >= 0.3 is 6.01 Å². The number of amides is 1. The number of primary amides is 1. The zero-order valence-corrected chi connectivity index (χ0v) is 18.2. The summed E-state index contributed by atoms with van der Waals surface area (Å²) in [4.78, 5) is 28.0. The summed E-state index contributed by atoms with van der Waals surface area (Å²) in [6, 6.07) is 11.8. The van der Waals surface area contributed by atoms with Gasteiger partial charge in [-0.05, 0) is 36.2 Å². The van der Waals surface area contributed by atoms with Gasteiger partial charge in [0.05, 0.1) is 18.2 Å². The first-order valence-corrected chi connectivity index (χ1v) is 10.4. The number of imidazole rings is 1. The maximum Gasteiger partial charge on any atom is 0.304 e. The number of nitrogens with two attached hydrogens (primary N) is 1. The molecule has 3 heterocycles. The lowest BCUT2D eigenvalue weighted by molar-refractivity contribution is 0.100. The van der Waals surface area contributed by atoms with E-state index in [0.717, 1.165) is 29.9 Å². The number of nitrogens with one attached hydrogen (secondary N) is 1. The van der Waals surface area contributed by atoms with Crippen LogP contribution < -0.4 is 20.7 Å². The Morgan fingerprint density at radius 2 is 2.03 bits per heavy atom. The molecule has 0 atom stereocenters. The van der Waals surface area contributed by atoms with Gasteiger partial charge in [-0.2, -0.15) is 15.0 Å². The monoisotopic (exact) mass is 447 g/mol. The first kappa shape index (κ1) is 20.7. The number of ether oxygens (including phenoxy) is 1. The maximum atomic E-state index is 13.6. The Hall–Kier alpha value is -4.21. The molecular weight excluding hydrogens is 425 g/mol. The van der Waals surface area contributed by atoms with Gasteiger partial charge in [-0.3, -0.25) is 4.79 Å². The molecule has 1 aliphatic heterocycles. The van der Waals surface area contributed by atoms with E-state index in [0.29, 0.717) is 29.3 Å². The highest BCUT2D eigenvalue weighted by Gasteiger charge is 2.26. The molecule has 1 aliphatic rings. The fourth-order valence-electron chi connectivity index (χ4n) is 4.08. The second kappa shape index (κ2) is 8.05. The molecule has 0 saturated heterocycles. The van der Waals surface area contributed by atoms with Crippen LogP contribution in [0.25, 0.3) is 17.0 Å². The van der Waals surface area contributed by atoms with E-state index in [2.05, 4.69) is 10.3 Å². The highest BCUT2D eigenvalue weighted by atomic mass is 19.1. The van der Waals surface area contributed by atoms with Crippen LogP contribution in [-0.2, 0) is 13.0 Å². The Morgan fingerprint density at radius 1 is 1.21 bits per heavy atom. The number of rotatable bonds is 6. The first-order valence-electron chi connectivity index (χ1n) is 10.4. The fraction of sp³-hybridized carbons (Fsp3) is 0.217. The molecule has 2 aromatic carbocycles. The number of para-hydroxylation sites is 1. The molecule has 0 spiro atoms. The number of hydrogen-bond donors (Lipinski definition) is 2. The molecule has 10 heteroatoms. The topological polar surface area (TPSA) is 111 Å². The number of nitrogens with zero attached hydrogens (tertiary/aromatic N) is 5. The van der Waals surface area contributed by atoms with Crippen molar-refractivity contribution in [1.82, 2.24) is 19.5 Å². The van der Waals surface area contributed by atoms with Crippen molar-refractivity contribution < 1.29 is 13.9 Å². The Morgan fingerprint density at radius 3 is 2.79 bits per heavy atom. The summed E-state index contributed by atoms with van der Waals surface area (Å²) in [5, 5.41) is 3.33. The summed E-state index contributed by atoms with van der Waals surface area (Å²) in [5.41, 5.74) is 8.61. The van der Waals surface area contributed by atoms with E-state index in [-0.39, 0.29) is 17.4 Å². The number of benzene rings is 2. The smallest absolute Gasteiger partial charge is 0.304 e. The Kier molecular flexibility index (Phi) is 5.04. The van der Waals surface area contributed by atoms with Crippen molar-refractivity contribution in [3.63, 3.8) is 0 Å². The number of anilines is 2. The molecule has 2 aromatic heterocycles. The number of carbonyl (C=O) groups excluding carboxylic acids is 1. The van der Waals surface area contributed by atoms with Crippen molar-refractivity contribution >= 4 is 28.6 Å². The SMILES string of the molecule is COc1nc2c(C(N)=O)cccc2n1-c1nc(NCc2cccc(F)c2)c2c(n1)N(C)CC2. The number of hydrogen-bond acceptors (Lipinski definition) is 7. The Bertz CT molecular complexity index is 1380. The molecule has 4 aromatic rings. The lowest BCUT2D eigenvalue weighted by atomic mass is 10.2. The van der Waals surface area contributed by atoms with E-state index in [9.17, 15) is 9.18 Å². The minimum absolute atomic E-state index is 0.232. The summed E-state index contributed by atoms with van der Waals surface area (Å²) in [6.45, 7) is 1.20. The van der Waals surface area contributed by atoms with Crippen LogP contribution in [-0.4, -0.2) is 46.1 Å². The van der Waals surface area contributed by atoms with E-state index in [1.807, 2.05) is 18.0 Å². The molecule has 0 unspecified atom stereocenters. The summed E-state index contributed by atoms with van der Waals surface area (Å²) in [5.74, 6) is 0.906. The normalized spacial score (nSPS) is 12.8. The van der Waals surface area contributed by atoms with Crippen LogP contribution in [0.3, 0.4) is 0 Å². The van der Waals surface area contributed by atoms with Gasteiger partial charge in [-0.15, -0.1) is 0 Å². The summed E-state index contributed by atoms with van der Waals surface area (Å²) in [6.07, 6.45) is 0.783. The second-order valence-corrected chi connectivity index (χ2v) is 7.80. The van der Waals surface area contributed by atoms with Crippen LogP contribution in [0.1, 0.15) is 21.5 Å². The van der Waals surface area contributed by atoms with Gasteiger partial charge in [0.1, 0.15) is 23.0 Å². The van der Waals surface area contributed by atoms with E-state index >= 15 is 0 Å². The molecule has 3 N–H and O–H groups in total. The van der Waals surface area contributed by atoms with Crippen molar-refractivity contribution in [1.29, 1.82) is 0 Å². The van der Waals surface area contributed by atoms with Crippen LogP contribution in [0.4, 0.5) is 16.0 Å². The van der Waals surface area contributed by atoms with Crippen LogP contribution >= 0.6 is 0 Å². The lowest BCUT2D eigenvalue weighted by Crippen LogP contribution is -2.16. The predicted octanol–water partition coefficient (Wildman–Crippen LogP) is 2.67. The summed E-state index contributed by atoms with van der Waals surface area (Å²) >= 11 is 0. The molecule has 5 rings (SSSR count). The number of fused-ring (bicyclic) bond motifs is 2. The molecule has 33 heavy (non-hydrogen) atoms. The van der Waals surface area contributed by atoms with E-state index in [4.69, 9.17) is 20.4 Å². The van der Waals surface area contributed by atoms with Gasteiger partial charge in [-0.25, -0.2) is 8.96 Å². The number of carbonyl (C=O) groups is 1. The van der Waals surface area contributed by atoms with Crippen molar-refractivity contribution in [2.75, 3.05) is 30.9 Å². The van der Waals surface area contributed by atoms with Crippen LogP contribution in [0.5, 0.6) is 6.01 Å². The molecule has 0 bridgehead atoms. The molecule has 0 aliphatic carbocycles. The van der Waals surface area contributed by atoms with Crippen molar-refractivity contribution in [2.24, 2.45) is 5.73 Å². The molecular formula is C23H22FN7O2. The third-order valence-corrected chi connectivity index (χ3v) is 5.68. The van der Waals surface area contributed by atoms with Gasteiger partial charge in [0.2, 0.25) is 5.95 Å². The van der Waals surface area contributed by atoms with Gasteiger partial charge in [0, 0.05) is 25.7 Å². The van der Waals surface area contributed by atoms with Crippen LogP contribution in [0.2, 0.25) is 0 Å². The fourth-order valence-corrected chi connectivity index (χ4v) is 4.08. The zero-order valence-electron chi connectivity index (χ0n) is 18.2. The van der Waals surface area contributed by atoms with Gasteiger partial charge in [-0.1, -0.05) is 18.2 Å². The number of aromatic nitrogens is 4. The van der Waals surface area contributed by atoms with E-state index in [1.54, 1.807) is 28.8 Å². The molecule has 1 amide bonds. The van der Waals surface area contributed by atoms with Gasteiger partial charge < -0.3 is 20.7 Å². The third-order valence-electron chi connectivity index (χ3n) is 5.68. The molecule has 168 valence electrons. The van der Waals surface area contributed by atoms with Gasteiger partial charge in [0.15, 0.2) is 0 Å². The standard InChI is InChI=1S/C23H22FN7O2/c1-30-10-9-16-20(26-12-13-5-3-6-14(24)11-13)28-22(29-21(16)30)31-17-8-4-7-15(19(25)32)18(17)27-23(31)33-2/h3-8,11H,9-10,12H2,1-2H3,(H2,25,32)(H,26,28,29). The average Bonchev–Trinajstić information content (AvgIpc) is 3.37. The number of halogens is 1. The third kappa shape index (κ3) is 3.59. The Balaban J connectivity index is 1.64. The number of methoxy groups -OCH3 is 1. The van der Waals surface area contributed by atoms with Crippen LogP contribution in [0.15, 0.2) is 42.5 Å². The summed E-state index contributed by atoms with van der Waals surface area (Å²) < 4.78 is 20.8. The van der Waals surface area contributed by atoms with Gasteiger partial charge in [0.25, 0.3) is 5.91 Å². The zero-order chi connectivity index (χ0) is 23.1. The highest BCUT2D eigenvalue weighted by molar-refractivity contribution is 6.04. The Labute approximate surface area is 189 Å².